The van der Waals surface area contributed by atoms with Gasteiger partial charge in [0.1, 0.15) is 23.0 Å². The summed E-state index contributed by atoms with van der Waals surface area (Å²) in [5.41, 5.74) is 1.60. The summed E-state index contributed by atoms with van der Waals surface area (Å²) in [6.07, 6.45) is 0.899. The van der Waals surface area contributed by atoms with E-state index in [1.165, 1.54) is 0 Å². The van der Waals surface area contributed by atoms with Crippen LogP contribution in [-0.4, -0.2) is 34.3 Å². The van der Waals surface area contributed by atoms with Crippen LogP contribution in [0.5, 0.6) is 23.0 Å². The highest BCUT2D eigenvalue weighted by Crippen LogP contribution is 2.26. The minimum absolute atomic E-state index is 0.0999. The lowest BCUT2D eigenvalue weighted by molar-refractivity contribution is -0.116. The van der Waals surface area contributed by atoms with Gasteiger partial charge in [-0.05, 0) is 24.1 Å². The van der Waals surface area contributed by atoms with Crippen molar-refractivity contribution < 1.29 is 23.7 Å². The molecule has 25 heavy (non-hydrogen) atoms. The third kappa shape index (κ3) is 5.31. The van der Waals surface area contributed by atoms with Crippen molar-refractivity contribution in [1.29, 1.82) is 0 Å². The second kappa shape index (κ2) is 8.82. The van der Waals surface area contributed by atoms with E-state index in [1.54, 1.807) is 52.7 Å². The van der Waals surface area contributed by atoms with Gasteiger partial charge in [0.25, 0.3) is 0 Å². The van der Waals surface area contributed by atoms with Gasteiger partial charge in [0.05, 0.1) is 28.4 Å². The van der Waals surface area contributed by atoms with E-state index in [2.05, 4.69) is 5.32 Å². The maximum Gasteiger partial charge on any atom is 0.224 e. The minimum Gasteiger partial charge on any atom is -0.497 e. The fraction of sp³-hybridized carbons (Fsp3) is 0.316. The number of carbonyl (C=O) groups is 1. The predicted molar refractivity (Wildman–Crippen MR) is 96.0 cm³/mol. The lowest BCUT2D eigenvalue weighted by atomic mass is 10.1. The number of nitrogens with one attached hydrogen (secondary N) is 1. The molecule has 0 saturated carbocycles. The normalized spacial score (nSPS) is 10.1. The Hall–Kier alpha value is -2.89. The number of carbonyl (C=O) groups excluding carboxylic acids is 1. The van der Waals surface area contributed by atoms with Crippen LogP contribution in [0.15, 0.2) is 36.4 Å². The number of amides is 1. The number of hydrogen-bond acceptors (Lipinski definition) is 5. The summed E-state index contributed by atoms with van der Waals surface area (Å²) in [5.74, 6) is 2.54. The number of ether oxygens (including phenoxy) is 4. The van der Waals surface area contributed by atoms with Crippen molar-refractivity contribution in [1.82, 2.24) is 0 Å². The summed E-state index contributed by atoms with van der Waals surface area (Å²) in [6, 6.07) is 10.8. The van der Waals surface area contributed by atoms with E-state index < -0.39 is 0 Å². The molecule has 0 atom stereocenters. The Balaban J connectivity index is 2.01. The Morgan fingerprint density at radius 1 is 0.760 bits per heavy atom. The maximum atomic E-state index is 12.2. The second-order valence-electron chi connectivity index (χ2n) is 5.37. The van der Waals surface area contributed by atoms with E-state index in [0.29, 0.717) is 41.5 Å². The first-order valence-electron chi connectivity index (χ1n) is 7.82. The number of hydrogen-bond donors (Lipinski definition) is 1. The molecule has 0 heterocycles. The topological polar surface area (TPSA) is 66.0 Å². The van der Waals surface area contributed by atoms with Gasteiger partial charge in [0.15, 0.2) is 0 Å². The molecule has 6 heteroatoms. The van der Waals surface area contributed by atoms with Crippen LogP contribution in [0.25, 0.3) is 0 Å². The van der Waals surface area contributed by atoms with Crippen LogP contribution >= 0.6 is 0 Å². The molecule has 1 amide bonds. The highest BCUT2D eigenvalue weighted by atomic mass is 16.5. The fourth-order valence-electron chi connectivity index (χ4n) is 2.37. The third-order valence-electron chi connectivity index (χ3n) is 3.69. The lowest BCUT2D eigenvalue weighted by Gasteiger charge is -2.11. The van der Waals surface area contributed by atoms with Crippen LogP contribution in [0, 0.1) is 0 Å². The van der Waals surface area contributed by atoms with Crippen molar-refractivity contribution >= 4 is 11.6 Å². The van der Waals surface area contributed by atoms with Crippen molar-refractivity contribution in [2.24, 2.45) is 0 Å². The molecule has 0 aliphatic heterocycles. The van der Waals surface area contributed by atoms with Crippen molar-refractivity contribution in [2.75, 3.05) is 33.8 Å². The lowest BCUT2D eigenvalue weighted by Crippen LogP contribution is -2.12. The Morgan fingerprint density at radius 3 is 1.64 bits per heavy atom. The van der Waals surface area contributed by atoms with Crippen molar-refractivity contribution in [3.63, 3.8) is 0 Å². The highest BCUT2D eigenvalue weighted by Gasteiger charge is 2.08. The zero-order valence-electron chi connectivity index (χ0n) is 14.9. The summed E-state index contributed by atoms with van der Waals surface area (Å²) in [4.78, 5) is 12.2. The quantitative estimate of drug-likeness (QED) is 0.795. The van der Waals surface area contributed by atoms with E-state index in [-0.39, 0.29) is 5.91 Å². The molecule has 1 N–H and O–H groups in total. The van der Waals surface area contributed by atoms with Gasteiger partial charge < -0.3 is 24.3 Å². The first kappa shape index (κ1) is 18.4. The standard InChI is InChI=1S/C19H23NO5/c1-22-15-7-13(8-16(11-15)23-2)5-6-19(21)20-14-9-17(24-3)12-18(10-14)25-4/h7-12H,5-6H2,1-4H3,(H,20,21). The molecular weight excluding hydrogens is 322 g/mol. The number of benzene rings is 2. The van der Waals surface area contributed by atoms with E-state index in [0.717, 1.165) is 5.56 Å². The van der Waals surface area contributed by atoms with Crippen LogP contribution in [-0.2, 0) is 11.2 Å². The number of methoxy groups -OCH3 is 4. The molecule has 0 aliphatic rings. The van der Waals surface area contributed by atoms with Gasteiger partial charge in [-0.25, -0.2) is 0 Å². The van der Waals surface area contributed by atoms with Gasteiger partial charge in [-0.1, -0.05) is 0 Å². The van der Waals surface area contributed by atoms with Gasteiger partial charge in [-0.15, -0.1) is 0 Å². The van der Waals surface area contributed by atoms with Crippen LogP contribution in [0.3, 0.4) is 0 Å². The average molecular weight is 345 g/mol. The molecule has 6 nitrogen and oxygen atoms in total. The fourth-order valence-corrected chi connectivity index (χ4v) is 2.37. The maximum absolute atomic E-state index is 12.2. The Labute approximate surface area is 147 Å². The summed E-state index contributed by atoms with van der Waals surface area (Å²) in [7, 11) is 6.33. The van der Waals surface area contributed by atoms with Gasteiger partial charge in [0, 0.05) is 36.4 Å². The van der Waals surface area contributed by atoms with Crippen molar-refractivity contribution in [3.05, 3.63) is 42.0 Å². The van der Waals surface area contributed by atoms with Crippen LogP contribution in [0.1, 0.15) is 12.0 Å². The Bertz CT molecular complexity index is 685. The molecule has 0 bridgehead atoms. The molecule has 0 aliphatic carbocycles. The molecular formula is C19H23NO5. The van der Waals surface area contributed by atoms with Gasteiger partial charge in [-0.2, -0.15) is 0 Å². The van der Waals surface area contributed by atoms with E-state index in [9.17, 15) is 4.79 Å². The van der Waals surface area contributed by atoms with E-state index in [1.807, 2.05) is 12.1 Å². The second-order valence-corrected chi connectivity index (χ2v) is 5.37. The molecule has 0 saturated heterocycles. The highest BCUT2D eigenvalue weighted by molar-refractivity contribution is 5.91. The predicted octanol–water partition coefficient (Wildman–Crippen LogP) is 3.29. The van der Waals surface area contributed by atoms with Crippen LogP contribution in [0.2, 0.25) is 0 Å². The average Bonchev–Trinajstić information content (AvgIpc) is 2.65. The summed E-state index contributed by atoms with van der Waals surface area (Å²) >= 11 is 0. The largest absolute Gasteiger partial charge is 0.497 e. The molecule has 0 radical (unpaired) electrons. The Morgan fingerprint density at radius 2 is 1.20 bits per heavy atom. The number of rotatable bonds is 8. The zero-order chi connectivity index (χ0) is 18.2. The summed E-state index contributed by atoms with van der Waals surface area (Å²) in [5, 5.41) is 2.86. The molecule has 2 rings (SSSR count). The smallest absolute Gasteiger partial charge is 0.224 e. The number of anilines is 1. The summed E-state index contributed by atoms with van der Waals surface area (Å²) in [6.45, 7) is 0. The van der Waals surface area contributed by atoms with Gasteiger partial charge >= 0.3 is 0 Å². The zero-order valence-corrected chi connectivity index (χ0v) is 14.9. The van der Waals surface area contributed by atoms with Gasteiger partial charge in [0.2, 0.25) is 5.91 Å². The number of aryl methyl sites for hydroxylation is 1. The molecule has 2 aromatic rings. The molecule has 0 unspecified atom stereocenters. The van der Waals surface area contributed by atoms with Crippen molar-refractivity contribution in [3.8, 4) is 23.0 Å². The third-order valence-corrected chi connectivity index (χ3v) is 3.69. The van der Waals surface area contributed by atoms with Crippen LogP contribution in [0.4, 0.5) is 5.69 Å². The van der Waals surface area contributed by atoms with Gasteiger partial charge in [-0.3, -0.25) is 4.79 Å². The molecule has 0 spiro atoms. The molecule has 0 fully saturated rings. The van der Waals surface area contributed by atoms with E-state index >= 15 is 0 Å². The minimum atomic E-state index is -0.0999. The Kier molecular flexibility index (Phi) is 6.51. The molecule has 2 aromatic carbocycles. The van der Waals surface area contributed by atoms with E-state index in [4.69, 9.17) is 18.9 Å². The first-order valence-corrected chi connectivity index (χ1v) is 7.82. The van der Waals surface area contributed by atoms with Crippen LogP contribution < -0.4 is 24.3 Å². The summed E-state index contributed by atoms with van der Waals surface area (Å²) < 4.78 is 20.9. The monoisotopic (exact) mass is 345 g/mol. The first-order chi connectivity index (χ1) is 12.1. The molecule has 134 valence electrons. The molecule has 0 aromatic heterocycles. The SMILES string of the molecule is COc1cc(CCC(=O)Nc2cc(OC)cc(OC)c2)cc(OC)c1. The van der Waals surface area contributed by atoms with Crippen molar-refractivity contribution in [2.45, 2.75) is 12.8 Å².